The third kappa shape index (κ3) is 2.24. The van der Waals surface area contributed by atoms with Gasteiger partial charge in [-0.3, -0.25) is 0 Å². The van der Waals surface area contributed by atoms with Gasteiger partial charge in [0.15, 0.2) is 0 Å². The van der Waals surface area contributed by atoms with E-state index in [2.05, 4.69) is 20.9 Å². The Labute approximate surface area is 82.0 Å². The first-order valence-electron chi connectivity index (χ1n) is 3.26. The van der Waals surface area contributed by atoms with Gasteiger partial charge >= 0.3 is 5.97 Å². The van der Waals surface area contributed by atoms with E-state index in [0.717, 1.165) is 0 Å². The number of carboxylic acids is 1. The van der Waals surface area contributed by atoms with Gasteiger partial charge in [0, 0.05) is 4.47 Å². The Morgan fingerprint density at radius 1 is 1.54 bits per heavy atom. The molecule has 1 N–H and O–H groups in total. The molecule has 5 heteroatoms. The van der Waals surface area contributed by atoms with Crippen LogP contribution in [-0.2, 0) is 4.79 Å². The summed E-state index contributed by atoms with van der Waals surface area (Å²) in [6.07, 6.45) is 1.34. The molecule has 1 aromatic carbocycles. The second-order valence-electron chi connectivity index (χ2n) is 2.17. The van der Waals surface area contributed by atoms with Gasteiger partial charge in [0.25, 0.3) is 0 Å². The zero-order valence-corrected chi connectivity index (χ0v) is 7.91. The molecule has 0 spiro atoms. The maximum absolute atomic E-state index is 10.6. The van der Waals surface area contributed by atoms with Gasteiger partial charge in [0.1, 0.15) is 0 Å². The smallest absolute Gasteiger partial charge is 0.336 e. The second-order valence-corrected chi connectivity index (χ2v) is 3.03. The highest BCUT2D eigenvalue weighted by Crippen LogP contribution is 2.22. The quantitative estimate of drug-likeness (QED) is 0.637. The Hall–Kier alpha value is -1.45. The van der Waals surface area contributed by atoms with Gasteiger partial charge in [-0.05, 0) is 34.1 Å². The molecule has 0 aliphatic carbocycles. The molecule has 0 aliphatic heterocycles. The number of carbonyl (C=O) groups excluding carboxylic acids is 1. The summed E-state index contributed by atoms with van der Waals surface area (Å²) in [7, 11) is 0. The van der Waals surface area contributed by atoms with E-state index in [4.69, 9.17) is 5.11 Å². The van der Waals surface area contributed by atoms with E-state index in [1.165, 1.54) is 24.3 Å². The number of isocyanates is 1. The molecule has 0 saturated heterocycles. The lowest BCUT2D eigenvalue weighted by molar-refractivity contribution is 0.0696. The van der Waals surface area contributed by atoms with Crippen molar-refractivity contribution < 1.29 is 14.7 Å². The summed E-state index contributed by atoms with van der Waals surface area (Å²) >= 11 is 3.06. The van der Waals surface area contributed by atoms with Crippen molar-refractivity contribution in [2.45, 2.75) is 0 Å². The number of hydrogen-bond donors (Lipinski definition) is 1. The molecule has 0 aromatic heterocycles. The first-order chi connectivity index (χ1) is 6.15. The Morgan fingerprint density at radius 3 is 2.77 bits per heavy atom. The lowest BCUT2D eigenvalue weighted by atomic mass is 10.2. The predicted molar refractivity (Wildman–Crippen MR) is 48.9 cm³/mol. The van der Waals surface area contributed by atoms with Crippen LogP contribution in [0.1, 0.15) is 10.4 Å². The highest BCUT2D eigenvalue weighted by atomic mass is 79.9. The molecule has 0 radical (unpaired) electrons. The van der Waals surface area contributed by atoms with Crippen LogP contribution < -0.4 is 0 Å². The van der Waals surface area contributed by atoms with Crippen LogP contribution in [0, 0.1) is 0 Å². The van der Waals surface area contributed by atoms with Crippen LogP contribution in [0.15, 0.2) is 27.7 Å². The summed E-state index contributed by atoms with van der Waals surface area (Å²) in [5.74, 6) is -1.07. The van der Waals surface area contributed by atoms with E-state index in [9.17, 15) is 9.59 Å². The van der Waals surface area contributed by atoms with Crippen molar-refractivity contribution >= 4 is 33.7 Å². The molecule has 66 valence electrons. The molecule has 0 fully saturated rings. The monoisotopic (exact) mass is 241 g/mol. The molecule has 0 aliphatic rings. The lowest BCUT2D eigenvalue weighted by Crippen LogP contribution is -1.96. The van der Waals surface area contributed by atoms with Crippen molar-refractivity contribution in [2.75, 3.05) is 0 Å². The Balaban J connectivity index is 3.26. The second kappa shape index (κ2) is 3.98. The first-order valence-corrected chi connectivity index (χ1v) is 4.05. The van der Waals surface area contributed by atoms with Gasteiger partial charge in [-0.25, -0.2) is 9.59 Å². The van der Waals surface area contributed by atoms with Crippen molar-refractivity contribution in [2.24, 2.45) is 4.99 Å². The zero-order chi connectivity index (χ0) is 9.84. The summed E-state index contributed by atoms with van der Waals surface area (Å²) in [5, 5.41) is 8.69. The highest BCUT2D eigenvalue weighted by Gasteiger charge is 2.08. The minimum atomic E-state index is -1.07. The number of nitrogens with zero attached hydrogens (tertiary/aromatic N) is 1. The molecule has 1 rings (SSSR count). The van der Waals surface area contributed by atoms with E-state index in [0.29, 0.717) is 4.47 Å². The minimum absolute atomic E-state index is 0.0662. The van der Waals surface area contributed by atoms with Crippen LogP contribution in [0.2, 0.25) is 0 Å². The average molecular weight is 242 g/mol. The average Bonchev–Trinajstić information content (AvgIpc) is 2.08. The molecule has 0 bridgehead atoms. The van der Waals surface area contributed by atoms with Crippen LogP contribution in [-0.4, -0.2) is 17.2 Å². The van der Waals surface area contributed by atoms with Crippen molar-refractivity contribution in [1.29, 1.82) is 0 Å². The van der Waals surface area contributed by atoms with Crippen LogP contribution in [0.5, 0.6) is 0 Å². The van der Waals surface area contributed by atoms with E-state index >= 15 is 0 Å². The number of rotatable bonds is 2. The number of hydrogen-bond acceptors (Lipinski definition) is 3. The fourth-order valence-electron chi connectivity index (χ4n) is 0.799. The van der Waals surface area contributed by atoms with E-state index < -0.39 is 5.97 Å². The molecular weight excluding hydrogens is 238 g/mol. The molecule has 0 unspecified atom stereocenters. The fourth-order valence-corrected chi connectivity index (χ4v) is 1.22. The molecular formula is C8H4BrNO3. The van der Waals surface area contributed by atoms with Gasteiger partial charge in [0.05, 0.1) is 11.3 Å². The van der Waals surface area contributed by atoms with Crippen molar-refractivity contribution in [3.63, 3.8) is 0 Å². The normalized spacial score (nSPS) is 9.00. The van der Waals surface area contributed by atoms with E-state index in [1.807, 2.05) is 0 Å². The number of carboxylic acid groups (broad SMARTS) is 1. The summed E-state index contributed by atoms with van der Waals surface area (Å²) in [4.78, 5) is 23.8. The summed E-state index contributed by atoms with van der Waals surface area (Å²) < 4.78 is 0.449. The summed E-state index contributed by atoms with van der Waals surface area (Å²) in [5.41, 5.74) is 0.340. The molecule has 13 heavy (non-hydrogen) atoms. The maximum atomic E-state index is 10.6. The molecule has 0 saturated carbocycles. The molecule has 0 amide bonds. The standard InChI is InChI=1S/C8H4BrNO3/c9-7-2-1-5(10-4-11)3-6(7)8(12)13/h1-3H,(H,12,13). The predicted octanol–water partition coefficient (Wildman–Crippen LogP) is 2.11. The lowest BCUT2D eigenvalue weighted by Gasteiger charge is -1.98. The minimum Gasteiger partial charge on any atom is -0.478 e. The van der Waals surface area contributed by atoms with Gasteiger partial charge in [0.2, 0.25) is 6.08 Å². The van der Waals surface area contributed by atoms with Crippen molar-refractivity contribution in [3.8, 4) is 0 Å². The van der Waals surface area contributed by atoms with Gasteiger partial charge in [-0.1, -0.05) is 0 Å². The molecule has 4 nitrogen and oxygen atoms in total. The first kappa shape index (κ1) is 9.64. The van der Waals surface area contributed by atoms with Crippen LogP contribution >= 0.6 is 15.9 Å². The van der Waals surface area contributed by atoms with Crippen LogP contribution in [0.3, 0.4) is 0 Å². The number of carbonyl (C=O) groups is 1. The van der Waals surface area contributed by atoms with Gasteiger partial charge < -0.3 is 5.11 Å². The molecule has 1 aromatic rings. The number of benzene rings is 1. The number of aliphatic imine (C=N–C) groups is 1. The molecule has 0 heterocycles. The number of aromatic carboxylic acids is 1. The van der Waals surface area contributed by atoms with Crippen molar-refractivity contribution in [3.05, 3.63) is 28.2 Å². The van der Waals surface area contributed by atoms with Crippen LogP contribution in [0.4, 0.5) is 5.69 Å². The van der Waals surface area contributed by atoms with Crippen LogP contribution in [0.25, 0.3) is 0 Å². The third-order valence-corrected chi connectivity index (χ3v) is 2.05. The van der Waals surface area contributed by atoms with Gasteiger partial charge in [-0.2, -0.15) is 4.99 Å². The fraction of sp³-hybridized carbons (Fsp3) is 0. The SMILES string of the molecule is O=C=Nc1ccc(Br)c(C(=O)O)c1. The Kier molecular flexibility index (Phi) is 2.95. The maximum Gasteiger partial charge on any atom is 0.336 e. The Bertz CT molecular complexity index is 396. The van der Waals surface area contributed by atoms with Crippen molar-refractivity contribution in [1.82, 2.24) is 0 Å². The van der Waals surface area contributed by atoms with E-state index in [-0.39, 0.29) is 11.3 Å². The largest absolute Gasteiger partial charge is 0.478 e. The Morgan fingerprint density at radius 2 is 2.23 bits per heavy atom. The molecule has 0 atom stereocenters. The highest BCUT2D eigenvalue weighted by molar-refractivity contribution is 9.10. The zero-order valence-electron chi connectivity index (χ0n) is 6.32. The number of halogens is 1. The third-order valence-electron chi connectivity index (χ3n) is 1.36. The van der Waals surface area contributed by atoms with E-state index in [1.54, 1.807) is 0 Å². The topological polar surface area (TPSA) is 66.7 Å². The summed E-state index contributed by atoms with van der Waals surface area (Å²) in [6, 6.07) is 4.32. The summed E-state index contributed by atoms with van der Waals surface area (Å²) in [6.45, 7) is 0. The van der Waals surface area contributed by atoms with Gasteiger partial charge in [-0.15, -0.1) is 0 Å².